The lowest BCUT2D eigenvalue weighted by Crippen LogP contribution is -2.11. The van der Waals surface area contributed by atoms with Crippen LogP contribution in [0.15, 0.2) is 18.3 Å². The third kappa shape index (κ3) is 3.30. The molecule has 20 heavy (non-hydrogen) atoms. The minimum Gasteiger partial charge on any atom is -0.308 e. The van der Waals surface area contributed by atoms with Crippen molar-refractivity contribution in [1.29, 1.82) is 0 Å². The van der Waals surface area contributed by atoms with Crippen LogP contribution in [0.4, 0.5) is 5.82 Å². The first-order valence-corrected chi connectivity index (χ1v) is 6.77. The summed E-state index contributed by atoms with van der Waals surface area (Å²) in [7, 11) is 0. The molecule has 0 aliphatic carbocycles. The maximum atomic E-state index is 5.50. The van der Waals surface area contributed by atoms with Crippen LogP contribution in [0.25, 0.3) is 11.5 Å². The van der Waals surface area contributed by atoms with Gasteiger partial charge in [0.1, 0.15) is 11.5 Å². The molecular formula is C15H21N5. The molecule has 0 aliphatic heterocycles. The fourth-order valence-electron chi connectivity index (χ4n) is 2.15. The van der Waals surface area contributed by atoms with Gasteiger partial charge in [0, 0.05) is 18.0 Å². The van der Waals surface area contributed by atoms with E-state index >= 15 is 0 Å². The van der Waals surface area contributed by atoms with Crippen molar-refractivity contribution in [2.24, 2.45) is 11.8 Å². The van der Waals surface area contributed by atoms with Gasteiger partial charge in [-0.1, -0.05) is 19.9 Å². The minimum atomic E-state index is 0.524. The molecule has 0 spiro atoms. The zero-order valence-electron chi connectivity index (χ0n) is 12.4. The van der Waals surface area contributed by atoms with E-state index in [2.05, 4.69) is 40.3 Å². The summed E-state index contributed by atoms with van der Waals surface area (Å²) in [5.41, 5.74) is 6.57. The molecule has 5 heteroatoms. The number of hydrogen-bond acceptors (Lipinski definition) is 5. The number of aromatic nitrogens is 3. The first-order chi connectivity index (χ1) is 9.49. The van der Waals surface area contributed by atoms with Crippen molar-refractivity contribution in [2.75, 3.05) is 5.43 Å². The number of rotatable bonds is 4. The molecule has 0 radical (unpaired) electrons. The van der Waals surface area contributed by atoms with Crippen molar-refractivity contribution in [3.8, 4) is 11.5 Å². The Labute approximate surface area is 119 Å². The Morgan fingerprint density at radius 3 is 2.55 bits per heavy atom. The van der Waals surface area contributed by atoms with E-state index in [0.717, 1.165) is 28.9 Å². The molecule has 2 aromatic rings. The van der Waals surface area contributed by atoms with E-state index in [1.807, 2.05) is 26.1 Å². The Balaban J connectivity index is 2.49. The van der Waals surface area contributed by atoms with Gasteiger partial charge in [0.2, 0.25) is 0 Å². The third-order valence-electron chi connectivity index (χ3n) is 2.97. The van der Waals surface area contributed by atoms with E-state index in [9.17, 15) is 0 Å². The second-order valence-electron chi connectivity index (χ2n) is 5.49. The van der Waals surface area contributed by atoms with E-state index in [1.165, 1.54) is 0 Å². The summed E-state index contributed by atoms with van der Waals surface area (Å²) in [6.45, 7) is 8.36. The average molecular weight is 271 g/mol. The number of nitrogens with one attached hydrogen (secondary N) is 1. The number of pyridine rings is 1. The van der Waals surface area contributed by atoms with Crippen LogP contribution in [-0.4, -0.2) is 15.0 Å². The maximum Gasteiger partial charge on any atom is 0.180 e. The number of hydrazine groups is 1. The van der Waals surface area contributed by atoms with Gasteiger partial charge in [0.05, 0.1) is 0 Å². The van der Waals surface area contributed by atoms with Crippen LogP contribution in [-0.2, 0) is 6.42 Å². The molecule has 3 N–H and O–H groups in total. The summed E-state index contributed by atoms with van der Waals surface area (Å²) in [6.07, 6.45) is 2.71. The summed E-state index contributed by atoms with van der Waals surface area (Å²) >= 11 is 0. The molecule has 2 rings (SSSR count). The molecule has 2 aromatic heterocycles. The van der Waals surface area contributed by atoms with Crippen LogP contribution in [0.2, 0.25) is 0 Å². The topological polar surface area (TPSA) is 76.7 Å². The van der Waals surface area contributed by atoms with Crippen molar-refractivity contribution in [1.82, 2.24) is 15.0 Å². The summed E-state index contributed by atoms with van der Waals surface area (Å²) in [5.74, 6) is 7.26. The monoisotopic (exact) mass is 271 g/mol. The van der Waals surface area contributed by atoms with E-state index < -0.39 is 0 Å². The van der Waals surface area contributed by atoms with E-state index in [4.69, 9.17) is 5.84 Å². The molecule has 0 amide bonds. The van der Waals surface area contributed by atoms with Crippen molar-refractivity contribution < 1.29 is 0 Å². The number of nitrogens with zero attached hydrogens (tertiary/aromatic N) is 3. The first kappa shape index (κ1) is 14.4. The summed E-state index contributed by atoms with van der Waals surface area (Å²) in [4.78, 5) is 13.5. The van der Waals surface area contributed by atoms with Crippen LogP contribution in [0.5, 0.6) is 0 Å². The quantitative estimate of drug-likeness (QED) is 0.660. The largest absolute Gasteiger partial charge is 0.308 e. The molecule has 0 aliphatic rings. The molecule has 0 fully saturated rings. The minimum absolute atomic E-state index is 0.524. The van der Waals surface area contributed by atoms with Gasteiger partial charge in [-0.15, -0.1) is 0 Å². The molecule has 5 nitrogen and oxygen atoms in total. The molecule has 0 unspecified atom stereocenters. The van der Waals surface area contributed by atoms with Gasteiger partial charge < -0.3 is 5.43 Å². The van der Waals surface area contributed by atoms with Gasteiger partial charge in [-0.2, -0.15) is 0 Å². The standard InChI is InChI=1S/C15H21N5/c1-9(2)5-12-7-13(20-16)19-15(18-12)14-11(4)6-10(3)8-17-14/h6-9H,5,16H2,1-4H3,(H,18,19,20). The second-order valence-corrected chi connectivity index (χ2v) is 5.49. The average Bonchev–Trinajstić information content (AvgIpc) is 2.37. The molecule has 0 saturated heterocycles. The molecule has 0 saturated carbocycles. The predicted octanol–water partition coefficient (Wildman–Crippen LogP) is 2.64. The zero-order chi connectivity index (χ0) is 14.7. The normalized spacial score (nSPS) is 10.9. The molecule has 0 aromatic carbocycles. The highest BCUT2D eigenvalue weighted by atomic mass is 15.3. The number of aryl methyl sites for hydroxylation is 2. The van der Waals surface area contributed by atoms with Gasteiger partial charge in [-0.05, 0) is 37.3 Å². The van der Waals surface area contributed by atoms with Crippen molar-refractivity contribution in [3.05, 3.63) is 35.2 Å². The fraction of sp³-hybridized carbons (Fsp3) is 0.400. The Bertz CT molecular complexity index is 607. The first-order valence-electron chi connectivity index (χ1n) is 6.77. The molecule has 2 heterocycles. The Hall–Kier alpha value is -2.01. The van der Waals surface area contributed by atoms with Gasteiger partial charge in [-0.3, -0.25) is 4.98 Å². The van der Waals surface area contributed by atoms with Crippen LogP contribution >= 0.6 is 0 Å². The highest BCUT2D eigenvalue weighted by molar-refractivity contribution is 5.57. The van der Waals surface area contributed by atoms with E-state index in [-0.39, 0.29) is 0 Å². The van der Waals surface area contributed by atoms with Gasteiger partial charge in [0.15, 0.2) is 5.82 Å². The lowest BCUT2D eigenvalue weighted by Gasteiger charge is -2.10. The smallest absolute Gasteiger partial charge is 0.180 e. The van der Waals surface area contributed by atoms with Crippen molar-refractivity contribution in [3.63, 3.8) is 0 Å². The van der Waals surface area contributed by atoms with E-state index in [1.54, 1.807) is 0 Å². The third-order valence-corrected chi connectivity index (χ3v) is 2.97. The van der Waals surface area contributed by atoms with Gasteiger partial charge in [-0.25, -0.2) is 15.8 Å². The highest BCUT2D eigenvalue weighted by Crippen LogP contribution is 2.21. The lowest BCUT2D eigenvalue weighted by molar-refractivity contribution is 0.634. The number of anilines is 1. The van der Waals surface area contributed by atoms with Crippen molar-refractivity contribution in [2.45, 2.75) is 34.1 Å². The summed E-state index contributed by atoms with van der Waals surface area (Å²) in [5, 5.41) is 0. The second kappa shape index (κ2) is 5.96. The molecule has 0 atom stereocenters. The van der Waals surface area contributed by atoms with Crippen LogP contribution in [0.1, 0.15) is 30.7 Å². The predicted molar refractivity (Wildman–Crippen MR) is 81.1 cm³/mol. The van der Waals surface area contributed by atoms with Gasteiger partial charge in [0.25, 0.3) is 0 Å². The SMILES string of the molecule is Cc1cnc(-c2nc(CC(C)C)cc(NN)n2)c(C)c1. The van der Waals surface area contributed by atoms with Gasteiger partial charge >= 0.3 is 0 Å². The molecule has 0 bridgehead atoms. The lowest BCUT2D eigenvalue weighted by atomic mass is 10.1. The number of hydrogen-bond donors (Lipinski definition) is 2. The molecule has 106 valence electrons. The Morgan fingerprint density at radius 2 is 1.95 bits per heavy atom. The van der Waals surface area contributed by atoms with Crippen LogP contribution in [0.3, 0.4) is 0 Å². The highest BCUT2D eigenvalue weighted by Gasteiger charge is 2.11. The Kier molecular flexibility index (Phi) is 4.29. The summed E-state index contributed by atoms with van der Waals surface area (Å²) in [6, 6.07) is 3.96. The molecular weight excluding hydrogens is 250 g/mol. The van der Waals surface area contributed by atoms with Crippen molar-refractivity contribution >= 4 is 5.82 Å². The number of nitrogen functional groups attached to an aromatic ring is 1. The van der Waals surface area contributed by atoms with Crippen LogP contribution in [0, 0.1) is 19.8 Å². The zero-order valence-corrected chi connectivity index (χ0v) is 12.4. The van der Waals surface area contributed by atoms with E-state index in [0.29, 0.717) is 17.6 Å². The fourth-order valence-corrected chi connectivity index (χ4v) is 2.15. The number of nitrogens with two attached hydrogens (primary N) is 1. The summed E-state index contributed by atoms with van der Waals surface area (Å²) < 4.78 is 0. The Morgan fingerprint density at radius 1 is 1.20 bits per heavy atom. The van der Waals surface area contributed by atoms with Crippen LogP contribution < -0.4 is 11.3 Å². The maximum absolute atomic E-state index is 5.50.